The van der Waals surface area contributed by atoms with Gasteiger partial charge in [-0.15, -0.1) is 0 Å². The molecule has 0 spiro atoms. The number of para-hydroxylation sites is 1. The molecule has 184 valence electrons. The number of nitrogens with zero attached hydrogens (tertiary/aromatic N) is 2. The number of esters is 1. The number of rotatable bonds is 7. The summed E-state index contributed by atoms with van der Waals surface area (Å²) in [4.78, 5) is 37.3. The zero-order valence-corrected chi connectivity index (χ0v) is 19.9. The number of ether oxygens (including phenoxy) is 2. The molecule has 2 aliphatic heterocycles. The average molecular weight is 500 g/mol. The monoisotopic (exact) mass is 499 g/mol. The van der Waals surface area contributed by atoms with Gasteiger partial charge in [0.15, 0.2) is 15.9 Å². The van der Waals surface area contributed by atoms with Crippen molar-refractivity contribution in [3.63, 3.8) is 0 Å². The summed E-state index contributed by atoms with van der Waals surface area (Å²) in [5.41, 5.74) is 0.475. The van der Waals surface area contributed by atoms with Crippen LogP contribution in [0.3, 0.4) is 0 Å². The van der Waals surface area contributed by atoms with E-state index in [9.17, 15) is 22.8 Å². The lowest BCUT2D eigenvalue weighted by molar-refractivity contribution is -0.147. The van der Waals surface area contributed by atoms with Crippen LogP contribution in [0.25, 0.3) is 0 Å². The number of nitrogens with one attached hydrogen (secondary N) is 1. The minimum Gasteiger partial charge on any atom is -0.457 e. The number of hydrazone groups is 1. The molecule has 4 rings (SSSR count). The Labute approximate surface area is 202 Å². The molecule has 0 radical (unpaired) electrons. The molecule has 1 N–H and O–H groups in total. The van der Waals surface area contributed by atoms with Crippen LogP contribution in [0.15, 0.2) is 59.7 Å². The van der Waals surface area contributed by atoms with Crippen LogP contribution in [0.2, 0.25) is 0 Å². The van der Waals surface area contributed by atoms with E-state index in [1.807, 2.05) is 30.3 Å². The van der Waals surface area contributed by atoms with Crippen LogP contribution in [-0.2, 0) is 29.0 Å². The Bertz CT molecular complexity index is 1240. The highest BCUT2D eigenvalue weighted by molar-refractivity contribution is 7.91. The van der Waals surface area contributed by atoms with E-state index in [1.54, 1.807) is 24.3 Å². The lowest BCUT2D eigenvalue weighted by Crippen LogP contribution is -2.42. The van der Waals surface area contributed by atoms with Crippen molar-refractivity contribution in [2.45, 2.75) is 38.3 Å². The summed E-state index contributed by atoms with van der Waals surface area (Å²) in [5, 5.41) is 7.81. The first-order chi connectivity index (χ1) is 16.7. The quantitative estimate of drug-likeness (QED) is 0.579. The maximum absolute atomic E-state index is 12.6. The number of sulfone groups is 1. The van der Waals surface area contributed by atoms with Gasteiger partial charge in [-0.25, -0.2) is 18.2 Å². The zero-order chi connectivity index (χ0) is 25.0. The fourth-order valence-corrected chi connectivity index (χ4v) is 5.42. The molecule has 2 amide bonds. The molecule has 1 saturated heterocycles. The highest BCUT2D eigenvalue weighted by atomic mass is 32.2. The minimum atomic E-state index is -3.22. The molecule has 11 heteroatoms. The number of carbonyl (C=O) groups excluding carboxylic acids is 3. The minimum absolute atomic E-state index is 0.0163. The van der Waals surface area contributed by atoms with Crippen LogP contribution < -0.4 is 10.1 Å². The van der Waals surface area contributed by atoms with Crippen molar-refractivity contribution in [1.29, 1.82) is 0 Å². The molecule has 1 fully saturated rings. The molecule has 0 aliphatic carbocycles. The van der Waals surface area contributed by atoms with E-state index in [-0.39, 0.29) is 42.4 Å². The van der Waals surface area contributed by atoms with Crippen LogP contribution in [0.4, 0.5) is 5.69 Å². The maximum Gasteiger partial charge on any atom is 0.355 e. The van der Waals surface area contributed by atoms with Crippen molar-refractivity contribution in [2.24, 2.45) is 5.10 Å². The Balaban J connectivity index is 1.32. The van der Waals surface area contributed by atoms with Gasteiger partial charge in [0.1, 0.15) is 17.2 Å². The number of benzene rings is 2. The van der Waals surface area contributed by atoms with Crippen LogP contribution in [0, 0.1) is 0 Å². The van der Waals surface area contributed by atoms with Crippen LogP contribution in [0.1, 0.15) is 26.2 Å². The summed E-state index contributed by atoms with van der Waals surface area (Å²) in [6.07, 6.45) is -0.773. The number of carbonyl (C=O) groups is 3. The molecule has 0 unspecified atom stereocenters. The van der Waals surface area contributed by atoms with Gasteiger partial charge in [0, 0.05) is 18.5 Å². The van der Waals surface area contributed by atoms with Crippen molar-refractivity contribution in [3.8, 4) is 11.5 Å². The summed E-state index contributed by atoms with van der Waals surface area (Å²) < 4.78 is 34.5. The highest BCUT2D eigenvalue weighted by Crippen LogP contribution is 2.24. The van der Waals surface area contributed by atoms with E-state index in [4.69, 9.17) is 9.47 Å². The molecule has 0 aromatic heterocycles. The molecule has 2 heterocycles. The van der Waals surface area contributed by atoms with Crippen LogP contribution in [0.5, 0.6) is 11.5 Å². The second-order valence-electron chi connectivity index (χ2n) is 8.32. The molecular formula is C24H25N3O7S. The Morgan fingerprint density at radius 2 is 1.74 bits per heavy atom. The van der Waals surface area contributed by atoms with Gasteiger partial charge in [0.25, 0.3) is 5.91 Å². The van der Waals surface area contributed by atoms with Gasteiger partial charge in [-0.05, 0) is 49.7 Å². The number of hydrogen-bond acceptors (Lipinski definition) is 8. The van der Waals surface area contributed by atoms with Gasteiger partial charge in [-0.2, -0.15) is 5.10 Å². The second-order valence-corrected chi connectivity index (χ2v) is 10.5. The Morgan fingerprint density at radius 1 is 1.06 bits per heavy atom. The van der Waals surface area contributed by atoms with Gasteiger partial charge in [-0.1, -0.05) is 18.2 Å². The first-order valence-corrected chi connectivity index (χ1v) is 13.0. The molecule has 2 aromatic carbocycles. The van der Waals surface area contributed by atoms with Crippen molar-refractivity contribution in [3.05, 3.63) is 54.6 Å². The molecular weight excluding hydrogens is 474 g/mol. The third kappa shape index (κ3) is 6.24. The van der Waals surface area contributed by atoms with E-state index < -0.39 is 33.9 Å². The smallest absolute Gasteiger partial charge is 0.355 e. The van der Waals surface area contributed by atoms with Gasteiger partial charge in [0.2, 0.25) is 5.91 Å². The number of anilines is 1. The van der Waals surface area contributed by atoms with Gasteiger partial charge in [0.05, 0.1) is 17.5 Å². The van der Waals surface area contributed by atoms with Crippen LogP contribution in [-0.4, -0.2) is 60.6 Å². The largest absolute Gasteiger partial charge is 0.457 e. The Hall–Kier alpha value is -3.73. The fourth-order valence-electron chi connectivity index (χ4n) is 3.73. The van der Waals surface area contributed by atoms with Crippen molar-refractivity contribution >= 4 is 39.0 Å². The standard InChI is InChI=1S/C24H25N3O7S/c1-16(23(29)25-17-7-9-20(10-8-17)34-19-5-3-2-4-6-19)33-24(30)21-11-12-22(28)27(26-21)18-13-14-35(31,32)15-18/h2-10,16,18H,11-15H2,1H3,(H,25,29)/t16-,18-/m0/s1. The zero-order valence-electron chi connectivity index (χ0n) is 19.0. The number of hydrogen-bond donors (Lipinski definition) is 1. The Morgan fingerprint density at radius 3 is 2.40 bits per heavy atom. The molecule has 35 heavy (non-hydrogen) atoms. The first kappa shape index (κ1) is 24.4. The average Bonchev–Trinajstić information content (AvgIpc) is 3.20. The third-order valence-corrected chi connectivity index (χ3v) is 7.35. The first-order valence-electron chi connectivity index (χ1n) is 11.1. The molecule has 2 atom stereocenters. The second kappa shape index (κ2) is 10.3. The van der Waals surface area contributed by atoms with E-state index in [1.165, 1.54) is 6.92 Å². The topological polar surface area (TPSA) is 131 Å². The van der Waals surface area contributed by atoms with E-state index >= 15 is 0 Å². The number of amides is 2. The van der Waals surface area contributed by atoms with Gasteiger partial charge < -0.3 is 14.8 Å². The lowest BCUT2D eigenvalue weighted by Gasteiger charge is -2.27. The van der Waals surface area contributed by atoms with E-state index in [0.717, 1.165) is 5.01 Å². The predicted molar refractivity (Wildman–Crippen MR) is 128 cm³/mol. The predicted octanol–water partition coefficient (Wildman–Crippen LogP) is 2.51. The molecule has 2 aliphatic rings. The SMILES string of the molecule is C[C@H](OC(=O)C1=NN([C@H]2CCS(=O)(=O)C2)C(=O)CC1)C(=O)Nc1ccc(Oc2ccccc2)cc1. The van der Waals surface area contributed by atoms with Gasteiger partial charge >= 0.3 is 5.97 Å². The summed E-state index contributed by atoms with van der Waals surface area (Å²) in [6.45, 7) is 1.43. The third-order valence-electron chi connectivity index (χ3n) is 5.60. The van der Waals surface area contributed by atoms with Crippen molar-refractivity contribution in [2.75, 3.05) is 16.8 Å². The normalized spacial score (nSPS) is 20.0. The van der Waals surface area contributed by atoms with Crippen molar-refractivity contribution < 1.29 is 32.3 Å². The van der Waals surface area contributed by atoms with Crippen molar-refractivity contribution in [1.82, 2.24) is 5.01 Å². The molecule has 2 aromatic rings. The molecule has 10 nitrogen and oxygen atoms in total. The maximum atomic E-state index is 12.6. The highest BCUT2D eigenvalue weighted by Gasteiger charge is 2.37. The lowest BCUT2D eigenvalue weighted by atomic mass is 10.1. The van der Waals surface area contributed by atoms with E-state index in [2.05, 4.69) is 10.4 Å². The van der Waals surface area contributed by atoms with E-state index in [0.29, 0.717) is 17.2 Å². The van der Waals surface area contributed by atoms with Crippen LogP contribution >= 0.6 is 0 Å². The Kier molecular flexibility index (Phi) is 7.15. The summed E-state index contributed by atoms with van der Waals surface area (Å²) in [5.74, 6) is -0.622. The molecule has 0 bridgehead atoms. The van der Waals surface area contributed by atoms with Gasteiger partial charge in [-0.3, -0.25) is 9.59 Å². The molecule has 0 saturated carbocycles. The summed E-state index contributed by atoms with van der Waals surface area (Å²) >= 11 is 0. The fraction of sp³-hybridized carbons (Fsp3) is 0.333. The summed E-state index contributed by atoms with van der Waals surface area (Å²) in [6, 6.07) is 15.4. The summed E-state index contributed by atoms with van der Waals surface area (Å²) in [7, 11) is -3.22.